The van der Waals surface area contributed by atoms with E-state index >= 15 is 0 Å². The van der Waals surface area contributed by atoms with Gasteiger partial charge in [-0.05, 0) is 11.6 Å². The molecule has 6 heteroatoms. The molecule has 0 aliphatic heterocycles. The SMILES string of the molecule is [15NH2]c1nc([15NH2])nc(Cl)n1. The first kappa shape index (κ1) is 6.03. The van der Waals surface area contributed by atoms with E-state index in [0.29, 0.717) is 0 Å². The second-order valence-corrected chi connectivity index (χ2v) is 1.66. The van der Waals surface area contributed by atoms with Crippen molar-refractivity contribution in [3.63, 3.8) is 0 Å². The second kappa shape index (κ2) is 2.02. The largest absolute Gasteiger partial charge is 0.368 e. The smallest absolute Gasteiger partial charge is 0.228 e. The number of hydrogen-bond acceptors (Lipinski definition) is 5. The van der Waals surface area contributed by atoms with Gasteiger partial charge >= 0.3 is 0 Å². The van der Waals surface area contributed by atoms with E-state index in [1.807, 2.05) is 0 Å². The van der Waals surface area contributed by atoms with Gasteiger partial charge < -0.3 is 11.5 Å². The fourth-order valence-corrected chi connectivity index (χ4v) is 0.555. The summed E-state index contributed by atoms with van der Waals surface area (Å²) in [4.78, 5) is 10.4. The van der Waals surface area contributed by atoms with Crippen LogP contribution in [0.15, 0.2) is 0 Å². The predicted molar refractivity (Wildman–Crippen MR) is 33.7 cm³/mol. The summed E-state index contributed by atoms with van der Waals surface area (Å²) < 4.78 is 0. The van der Waals surface area contributed by atoms with Crippen molar-refractivity contribution in [1.82, 2.24) is 15.0 Å². The summed E-state index contributed by atoms with van der Waals surface area (Å²) in [5.41, 5.74) is 10.3. The molecule has 48 valence electrons. The first-order chi connectivity index (χ1) is 4.18. The Morgan fingerprint density at radius 2 is 1.44 bits per heavy atom. The zero-order chi connectivity index (χ0) is 6.85. The summed E-state index contributed by atoms with van der Waals surface area (Å²) in [6.45, 7) is 0. The van der Waals surface area contributed by atoms with E-state index < -0.39 is 0 Å². The normalized spacial score (nSPS) is 9.44. The van der Waals surface area contributed by atoms with Crippen LogP contribution in [0.1, 0.15) is 0 Å². The highest BCUT2D eigenvalue weighted by atomic mass is 35.5. The molecule has 1 rings (SSSR count). The maximum atomic E-state index is 5.33. The Kier molecular flexibility index (Phi) is 1.35. The zero-order valence-corrected chi connectivity index (χ0v) is 5.13. The Hall–Kier alpha value is -1.10. The number of hydrogen-bond donors (Lipinski definition) is 2. The summed E-state index contributed by atoms with van der Waals surface area (Å²) in [5, 5.41) is 0.0139. The van der Waals surface area contributed by atoms with Gasteiger partial charge in [-0.2, -0.15) is 15.0 Å². The Morgan fingerprint density at radius 3 is 1.78 bits per heavy atom. The summed E-state index contributed by atoms with van der Waals surface area (Å²) in [6, 6.07) is 0. The molecule has 1 aromatic rings. The van der Waals surface area contributed by atoms with Crippen LogP contribution in [0.2, 0.25) is 5.28 Å². The van der Waals surface area contributed by atoms with Crippen molar-refractivity contribution in [3.8, 4) is 0 Å². The first-order valence-electron chi connectivity index (χ1n) is 2.11. The average molecular weight is 148 g/mol. The van der Waals surface area contributed by atoms with Gasteiger partial charge in [0.15, 0.2) is 0 Å². The molecule has 5 nitrogen and oxygen atoms in total. The van der Waals surface area contributed by atoms with Crippen LogP contribution >= 0.6 is 11.6 Å². The van der Waals surface area contributed by atoms with Crippen molar-refractivity contribution in [2.24, 2.45) is 0 Å². The Balaban J connectivity index is 3.17. The van der Waals surface area contributed by atoms with E-state index in [9.17, 15) is 0 Å². The highest BCUT2D eigenvalue weighted by Crippen LogP contribution is 2.02. The van der Waals surface area contributed by atoms with Crippen LogP contribution in [0.25, 0.3) is 0 Å². The maximum absolute atomic E-state index is 5.33. The van der Waals surface area contributed by atoms with Gasteiger partial charge in [0.1, 0.15) is 0 Å². The van der Waals surface area contributed by atoms with Crippen molar-refractivity contribution in [3.05, 3.63) is 5.28 Å². The molecule has 1 aromatic heterocycles. The molecular weight excluding hydrogens is 144 g/mol. The van der Waals surface area contributed by atoms with Gasteiger partial charge in [-0.1, -0.05) is 0 Å². The standard InChI is InChI=1S/C3H4ClN5/c4-1-7-2(5)9-3(6)8-1/h(H4,5,6,7,8,9)/i5+1,6+1. The predicted octanol–water partition coefficient (Wildman–Crippen LogP) is -0.311. The van der Waals surface area contributed by atoms with E-state index in [0.717, 1.165) is 0 Å². The Labute approximate surface area is 56.1 Å². The van der Waals surface area contributed by atoms with Gasteiger partial charge in [-0.3, -0.25) is 0 Å². The van der Waals surface area contributed by atoms with Crippen molar-refractivity contribution >= 4 is 23.5 Å². The molecule has 0 atom stereocenters. The number of nitrogens with two attached hydrogens (primary N) is 2. The number of aromatic nitrogens is 3. The highest BCUT2D eigenvalue weighted by Gasteiger charge is 1.95. The molecule has 0 amide bonds. The Morgan fingerprint density at radius 1 is 1.00 bits per heavy atom. The number of halogens is 1. The lowest BCUT2D eigenvalue weighted by atomic mass is 10.9. The van der Waals surface area contributed by atoms with Gasteiger partial charge in [0, 0.05) is 0 Å². The third-order valence-corrected chi connectivity index (χ3v) is 0.812. The molecule has 0 radical (unpaired) electrons. The number of rotatable bonds is 0. The molecule has 0 aliphatic carbocycles. The van der Waals surface area contributed by atoms with Gasteiger partial charge in [0.2, 0.25) is 17.2 Å². The minimum Gasteiger partial charge on any atom is -0.368 e. The monoisotopic (exact) mass is 147 g/mol. The fourth-order valence-electron chi connectivity index (χ4n) is 0.381. The van der Waals surface area contributed by atoms with Gasteiger partial charge in [-0.15, -0.1) is 0 Å². The molecule has 0 fully saturated rings. The minimum atomic E-state index is 0.0139. The Bertz CT molecular complexity index is 173. The number of nitrogens with zero attached hydrogens (tertiary/aromatic N) is 3. The second-order valence-electron chi connectivity index (χ2n) is 1.32. The molecule has 4 N–H and O–H groups in total. The summed E-state index contributed by atoms with van der Waals surface area (Å²) in [7, 11) is 0. The zero-order valence-electron chi connectivity index (χ0n) is 4.37. The van der Waals surface area contributed by atoms with Gasteiger partial charge in [0.25, 0.3) is 0 Å². The van der Waals surface area contributed by atoms with Crippen LogP contribution in [0.3, 0.4) is 0 Å². The topological polar surface area (TPSA) is 90.7 Å². The molecule has 0 aromatic carbocycles. The molecule has 0 aliphatic rings. The molecule has 0 spiro atoms. The fraction of sp³-hybridized carbons (Fsp3) is 0. The van der Waals surface area contributed by atoms with Crippen LogP contribution in [-0.4, -0.2) is 15.0 Å². The van der Waals surface area contributed by atoms with Gasteiger partial charge in [-0.25, -0.2) is 0 Å². The molecular formula is C3H4ClN5. The molecule has 0 saturated heterocycles. The van der Waals surface area contributed by atoms with Crippen LogP contribution in [-0.2, 0) is 0 Å². The lowest BCUT2D eigenvalue weighted by Gasteiger charge is -1.92. The van der Waals surface area contributed by atoms with Crippen molar-refractivity contribution in [2.45, 2.75) is 0 Å². The average Bonchev–Trinajstić information content (AvgIpc) is 1.59. The summed E-state index contributed by atoms with van der Waals surface area (Å²) in [5.74, 6) is 0.0694. The van der Waals surface area contributed by atoms with E-state index in [2.05, 4.69) is 15.0 Å². The highest BCUT2D eigenvalue weighted by molar-refractivity contribution is 6.28. The molecule has 9 heavy (non-hydrogen) atoms. The van der Waals surface area contributed by atoms with Crippen LogP contribution in [0.5, 0.6) is 0 Å². The van der Waals surface area contributed by atoms with E-state index in [-0.39, 0.29) is 17.2 Å². The van der Waals surface area contributed by atoms with Crippen molar-refractivity contribution in [2.75, 3.05) is 11.5 Å². The molecule has 0 bridgehead atoms. The minimum absolute atomic E-state index is 0.0139. The third-order valence-electron chi connectivity index (χ3n) is 0.643. The quantitative estimate of drug-likeness (QED) is 0.491. The molecule has 0 unspecified atom stereocenters. The molecule has 1 heterocycles. The van der Waals surface area contributed by atoms with Gasteiger partial charge in [0.05, 0.1) is 0 Å². The van der Waals surface area contributed by atoms with Crippen LogP contribution < -0.4 is 11.5 Å². The van der Waals surface area contributed by atoms with Crippen LogP contribution in [0, 0.1) is 0 Å². The van der Waals surface area contributed by atoms with Crippen molar-refractivity contribution in [1.29, 1.82) is 0 Å². The third kappa shape index (κ3) is 1.39. The van der Waals surface area contributed by atoms with Crippen molar-refractivity contribution < 1.29 is 0 Å². The summed E-state index contributed by atoms with van der Waals surface area (Å²) >= 11 is 5.33. The summed E-state index contributed by atoms with van der Waals surface area (Å²) in [6.07, 6.45) is 0. The lowest BCUT2D eigenvalue weighted by Crippen LogP contribution is -2.01. The first-order valence-corrected chi connectivity index (χ1v) is 2.49. The maximum Gasteiger partial charge on any atom is 0.228 e. The van der Waals surface area contributed by atoms with E-state index in [4.69, 9.17) is 23.1 Å². The number of nitrogen functional groups attached to an aromatic ring is 2. The molecule has 0 saturated carbocycles. The van der Waals surface area contributed by atoms with E-state index in [1.165, 1.54) is 0 Å². The number of anilines is 2. The lowest BCUT2D eigenvalue weighted by molar-refractivity contribution is 1.08. The van der Waals surface area contributed by atoms with Crippen LogP contribution in [0.4, 0.5) is 11.9 Å². The van der Waals surface area contributed by atoms with E-state index in [1.54, 1.807) is 0 Å².